The van der Waals surface area contributed by atoms with E-state index in [2.05, 4.69) is 160 Å². The molecule has 0 aromatic rings. The van der Waals surface area contributed by atoms with Crippen molar-refractivity contribution in [2.75, 3.05) is 47.5 Å². The highest BCUT2D eigenvalue weighted by molar-refractivity contribution is 5.70. The average molecular weight is 1100 g/mol. The third kappa shape index (κ3) is 60.7. The molecule has 0 bridgehead atoms. The zero-order valence-corrected chi connectivity index (χ0v) is 50.7. The Bertz CT molecular complexity index is 1800. The lowest BCUT2D eigenvalue weighted by molar-refractivity contribution is -0.870. The smallest absolute Gasteiger partial charge is 0.306 e. The molecular formula is C70H113NO8. The van der Waals surface area contributed by atoms with E-state index in [-0.39, 0.29) is 38.6 Å². The van der Waals surface area contributed by atoms with Crippen LogP contribution in [0.3, 0.4) is 0 Å². The van der Waals surface area contributed by atoms with E-state index in [1.807, 2.05) is 21.1 Å². The third-order valence-corrected chi connectivity index (χ3v) is 12.6. The summed E-state index contributed by atoms with van der Waals surface area (Å²) in [4.78, 5) is 37.4. The number of carbonyl (C=O) groups excluding carboxylic acids is 3. The number of carboxylic acids is 1. The number of rotatable bonds is 55. The molecule has 0 spiro atoms. The van der Waals surface area contributed by atoms with Crippen molar-refractivity contribution in [2.24, 2.45) is 0 Å². The van der Waals surface area contributed by atoms with Gasteiger partial charge in [0.25, 0.3) is 0 Å². The van der Waals surface area contributed by atoms with Crippen LogP contribution in [-0.4, -0.2) is 82.3 Å². The molecule has 2 unspecified atom stereocenters. The number of esters is 2. The topological polar surface area (TPSA) is 111 Å². The van der Waals surface area contributed by atoms with Crippen molar-refractivity contribution in [2.45, 2.75) is 232 Å². The second-order valence-corrected chi connectivity index (χ2v) is 21.3. The maximum absolute atomic E-state index is 12.9. The van der Waals surface area contributed by atoms with Gasteiger partial charge in [-0.05, 0) is 122 Å². The van der Waals surface area contributed by atoms with E-state index >= 15 is 0 Å². The molecule has 446 valence electrons. The van der Waals surface area contributed by atoms with Crippen LogP contribution < -0.4 is 5.11 Å². The number of quaternary nitrogens is 1. The molecule has 0 aromatic carbocycles. The van der Waals surface area contributed by atoms with E-state index in [4.69, 9.17) is 18.9 Å². The number of allylic oxidation sites excluding steroid dienone is 24. The molecule has 0 amide bonds. The molecule has 79 heavy (non-hydrogen) atoms. The van der Waals surface area contributed by atoms with E-state index in [9.17, 15) is 19.5 Å². The highest BCUT2D eigenvalue weighted by Gasteiger charge is 2.22. The van der Waals surface area contributed by atoms with E-state index in [1.165, 1.54) is 38.5 Å². The SMILES string of the molecule is CC/C=C\C/C=C\C/C=C\C/C=C\C/C=C\C/C=C\C/C=C\C/C=C\C/C=C\CCCCCCCC(=O)OC(COC(=O)CCCCCCCC/C=C\C/C=C\C/C=C\CCCCCCC)COC(OCC[N+](C)(C)C)C(=O)[O-]. The average Bonchev–Trinajstić information content (AvgIpc) is 3.42. The quantitative estimate of drug-likeness (QED) is 0.0195. The molecule has 0 aliphatic heterocycles. The van der Waals surface area contributed by atoms with Gasteiger partial charge < -0.3 is 33.3 Å². The minimum absolute atomic E-state index is 0.133. The van der Waals surface area contributed by atoms with Gasteiger partial charge in [-0.15, -0.1) is 0 Å². The van der Waals surface area contributed by atoms with Crippen LogP contribution in [0.2, 0.25) is 0 Å². The van der Waals surface area contributed by atoms with Gasteiger partial charge in [-0.25, -0.2) is 0 Å². The number of carboxylic acid groups (broad SMARTS) is 1. The van der Waals surface area contributed by atoms with E-state index in [0.717, 1.165) is 141 Å². The second kappa shape index (κ2) is 59.3. The van der Waals surface area contributed by atoms with Crippen LogP contribution >= 0.6 is 0 Å². The van der Waals surface area contributed by atoms with Gasteiger partial charge in [-0.1, -0.05) is 230 Å². The maximum Gasteiger partial charge on any atom is 0.306 e. The number of unbranched alkanes of at least 4 members (excludes halogenated alkanes) is 16. The Hall–Kier alpha value is -4.83. The molecule has 0 radical (unpaired) electrons. The van der Waals surface area contributed by atoms with Crippen molar-refractivity contribution in [3.8, 4) is 0 Å². The largest absolute Gasteiger partial charge is 0.545 e. The maximum atomic E-state index is 12.9. The van der Waals surface area contributed by atoms with Gasteiger partial charge in [-0.3, -0.25) is 9.59 Å². The number of likely N-dealkylation sites (N-methyl/N-ethyl adjacent to an activating group) is 1. The van der Waals surface area contributed by atoms with Crippen molar-refractivity contribution >= 4 is 17.9 Å². The van der Waals surface area contributed by atoms with Crippen LogP contribution in [0, 0.1) is 0 Å². The number of hydrogen-bond donors (Lipinski definition) is 0. The molecule has 9 nitrogen and oxygen atoms in total. The summed E-state index contributed by atoms with van der Waals surface area (Å²) in [6.45, 7) is 4.56. The summed E-state index contributed by atoms with van der Waals surface area (Å²) in [5.74, 6) is -2.34. The predicted octanol–water partition coefficient (Wildman–Crippen LogP) is 17.5. The first-order valence-electron chi connectivity index (χ1n) is 31.0. The normalized spacial score (nSPS) is 13.8. The van der Waals surface area contributed by atoms with Crippen LogP contribution in [0.25, 0.3) is 0 Å². The van der Waals surface area contributed by atoms with Gasteiger partial charge >= 0.3 is 11.9 Å². The van der Waals surface area contributed by atoms with Gasteiger partial charge in [0, 0.05) is 12.8 Å². The first-order valence-corrected chi connectivity index (χ1v) is 31.0. The fourth-order valence-electron chi connectivity index (χ4n) is 7.83. The molecule has 0 aromatic heterocycles. The van der Waals surface area contributed by atoms with E-state index in [0.29, 0.717) is 23.9 Å². The molecule has 0 saturated heterocycles. The molecule has 0 fully saturated rings. The van der Waals surface area contributed by atoms with Crippen LogP contribution in [0.4, 0.5) is 0 Å². The summed E-state index contributed by atoms with van der Waals surface area (Å²) in [5, 5.41) is 11.8. The summed E-state index contributed by atoms with van der Waals surface area (Å²) in [6, 6.07) is 0. The molecule has 0 aliphatic rings. The van der Waals surface area contributed by atoms with Crippen molar-refractivity contribution in [1.82, 2.24) is 0 Å². The Morgan fingerprint density at radius 2 is 0.722 bits per heavy atom. The lowest BCUT2D eigenvalue weighted by Gasteiger charge is -2.26. The van der Waals surface area contributed by atoms with Crippen LogP contribution in [0.5, 0.6) is 0 Å². The summed E-state index contributed by atoms with van der Waals surface area (Å²) in [7, 11) is 5.90. The van der Waals surface area contributed by atoms with Gasteiger partial charge in [0.1, 0.15) is 13.2 Å². The Morgan fingerprint density at radius 1 is 0.392 bits per heavy atom. The summed E-state index contributed by atoms with van der Waals surface area (Å²) in [6.07, 6.45) is 83.2. The van der Waals surface area contributed by atoms with Gasteiger partial charge in [-0.2, -0.15) is 0 Å². The summed E-state index contributed by atoms with van der Waals surface area (Å²) < 4.78 is 22.7. The Kier molecular flexibility index (Phi) is 55.7. The lowest BCUT2D eigenvalue weighted by Crippen LogP contribution is -2.44. The first-order chi connectivity index (χ1) is 38.6. The molecule has 9 heteroatoms. The zero-order chi connectivity index (χ0) is 57.6. The number of aliphatic carboxylic acids is 1. The molecule has 0 heterocycles. The Morgan fingerprint density at radius 3 is 1.08 bits per heavy atom. The third-order valence-electron chi connectivity index (χ3n) is 12.6. The number of nitrogens with zero attached hydrogens (tertiary/aromatic N) is 1. The predicted molar refractivity (Wildman–Crippen MR) is 333 cm³/mol. The molecule has 0 saturated carbocycles. The van der Waals surface area contributed by atoms with Crippen LogP contribution in [0.15, 0.2) is 146 Å². The second-order valence-electron chi connectivity index (χ2n) is 21.3. The van der Waals surface area contributed by atoms with Gasteiger partial charge in [0.15, 0.2) is 12.4 Å². The van der Waals surface area contributed by atoms with E-state index in [1.54, 1.807) is 0 Å². The summed E-state index contributed by atoms with van der Waals surface area (Å²) >= 11 is 0. The zero-order valence-electron chi connectivity index (χ0n) is 50.7. The fourth-order valence-corrected chi connectivity index (χ4v) is 7.83. The minimum atomic E-state index is -1.64. The molecule has 2 atom stereocenters. The number of carbonyl (C=O) groups is 3. The molecular weight excluding hydrogens is 983 g/mol. The van der Waals surface area contributed by atoms with Crippen LogP contribution in [0.1, 0.15) is 219 Å². The fraction of sp³-hybridized carbons (Fsp3) is 0.614. The van der Waals surface area contributed by atoms with Gasteiger partial charge in [0.05, 0.1) is 40.3 Å². The molecule has 0 N–H and O–H groups in total. The van der Waals surface area contributed by atoms with E-state index < -0.39 is 24.3 Å². The number of ether oxygens (including phenoxy) is 4. The van der Waals surface area contributed by atoms with Crippen LogP contribution in [-0.2, 0) is 33.3 Å². The monoisotopic (exact) mass is 1100 g/mol. The Balaban J connectivity index is 4.33. The highest BCUT2D eigenvalue weighted by Crippen LogP contribution is 2.13. The minimum Gasteiger partial charge on any atom is -0.545 e. The summed E-state index contributed by atoms with van der Waals surface area (Å²) in [5.41, 5.74) is 0. The number of hydrogen-bond acceptors (Lipinski definition) is 8. The van der Waals surface area contributed by atoms with Crippen molar-refractivity contribution < 1.29 is 42.9 Å². The molecule has 0 rings (SSSR count). The Labute approximate surface area is 483 Å². The van der Waals surface area contributed by atoms with Crippen molar-refractivity contribution in [1.29, 1.82) is 0 Å². The van der Waals surface area contributed by atoms with Crippen molar-refractivity contribution in [3.05, 3.63) is 146 Å². The standard InChI is InChI=1S/C70H113NO8/c1-6-8-10-12-14-16-18-20-22-24-26-28-29-30-31-32-33-34-35-36-37-38-39-41-43-45-47-49-51-53-55-57-59-61-68(73)79-66(65-78-70(69(74)75)76-63-62-71(3,4)5)64-77-67(72)60-58-56-54-52-50-48-46-44-42-40-27-25-23-21-19-17-15-13-11-9-7-2/h8,10,14,16,19-22,25-28,30-31,33-34,36-37,39,41-42,44-45,47,66,70H,6-7,9,11-13,15,17-18,23-24,29,32,35,38,40,43,46,48-65H2,1-5H3/b10-8-,16-14-,21-19-,22-20-,27-25-,28-26-,31-30-,34-33-,37-36-,41-39-,44-42-,47-45-. The van der Waals surface area contributed by atoms with Crippen molar-refractivity contribution in [3.63, 3.8) is 0 Å². The molecule has 0 aliphatic carbocycles. The van der Waals surface area contributed by atoms with Gasteiger partial charge in [0.2, 0.25) is 0 Å². The highest BCUT2D eigenvalue weighted by atomic mass is 16.7. The first kappa shape index (κ1) is 74.2. The lowest BCUT2D eigenvalue weighted by atomic mass is 10.1.